The van der Waals surface area contributed by atoms with Crippen LogP contribution in [0.5, 0.6) is 0 Å². The highest BCUT2D eigenvalue weighted by molar-refractivity contribution is 6.01. The van der Waals surface area contributed by atoms with Gasteiger partial charge in [0.05, 0.1) is 25.4 Å². The smallest absolute Gasteiger partial charge is 0.254 e. The lowest BCUT2D eigenvalue weighted by Crippen LogP contribution is -2.46. The topological polar surface area (TPSA) is 61.8 Å². The Morgan fingerprint density at radius 3 is 2.46 bits per heavy atom. The lowest BCUT2D eigenvalue weighted by Gasteiger charge is -2.33. The summed E-state index contributed by atoms with van der Waals surface area (Å²) in [6.45, 7) is 5.62. The van der Waals surface area contributed by atoms with E-state index in [0.717, 1.165) is 16.7 Å². The van der Waals surface area contributed by atoms with Gasteiger partial charge in [-0.05, 0) is 36.7 Å². The minimum atomic E-state index is -0.269. The number of amides is 1. The maximum atomic E-state index is 13.5. The van der Waals surface area contributed by atoms with Crippen LogP contribution in [0.25, 0.3) is 11.1 Å². The summed E-state index contributed by atoms with van der Waals surface area (Å²) in [5, 5.41) is 13.0. The molecule has 28 heavy (non-hydrogen) atoms. The van der Waals surface area contributed by atoms with E-state index >= 15 is 0 Å². The van der Waals surface area contributed by atoms with Gasteiger partial charge in [-0.2, -0.15) is 0 Å². The van der Waals surface area contributed by atoms with E-state index in [4.69, 9.17) is 4.74 Å². The molecular weight excluding hydrogens is 352 g/mol. The molecule has 2 aromatic carbocycles. The van der Waals surface area contributed by atoms with E-state index in [0.29, 0.717) is 25.3 Å². The summed E-state index contributed by atoms with van der Waals surface area (Å²) < 4.78 is 6.30. The van der Waals surface area contributed by atoms with Crippen LogP contribution in [0.3, 0.4) is 0 Å². The standard InChI is InChI=1S/C23H30N2O3/c1-16-13-25(17(2)14-26)23(27)21-11-7-6-10-20(21)19-9-5-4-8-18(19)15-28-22(16)12-24-3/h4-11,16-17,22,24,26H,12-15H2,1-3H3/t16-,17+,22-/m1/s1. The Morgan fingerprint density at radius 2 is 1.79 bits per heavy atom. The number of hydrogen-bond acceptors (Lipinski definition) is 4. The summed E-state index contributed by atoms with van der Waals surface area (Å²) >= 11 is 0. The lowest BCUT2D eigenvalue weighted by molar-refractivity contribution is -0.00645. The highest BCUT2D eigenvalue weighted by Crippen LogP contribution is 2.30. The van der Waals surface area contributed by atoms with E-state index in [1.54, 1.807) is 4.90 Å². The second-order valence-electron chi connectivity index (χ2n) is 7.58. The maximum Gasteiger partial charge on any atom is 0.254 e. The number of likely N-dealkylation sites (N-methyl/N-ethyl adjacent to an activating group) is 1. The number of aliphatic hydroxyl groups is 1. The van der Waals surface area contributed by atoms with Crippen molar-refractivity contribution in [1.82, 2.24) is 10.2 Å². The Hall–Kier alpha value is -2.21. The molecule has 5 heteroatoms. The van der Waals surface area contributed by atoms with Crippen molar-refractivity contribution in [1.29, 1.82) is 0 Å². The van der Waals surface area contributed by atoms with Crippen LogP contribution in [0.15, 0.2) is 48.5 Å². The van der Waals surface area contributed by atoms with Crippen LogP contribution in [0.4, 0.5) is 0 Å². The van der Waals surface area contributed by atoms with Gasteiger partial charge in [-0.15, -0.1) is 0 Å². The Kier molecular flexibility index (Phi) is 6.83. The summed E-state index contributed by atoms with van der Waals surface area (Å²) in [7, 11) is 1.91. The lowest BCUT2D eigenvalue weighted by atomic mass is 9.94. The fourth-order valence-electron chi connectivity index (χ4n) is 3.78. The van der Waals surface area contributed by atoms with E-state index in [1.807, 2.05) is 56.4 Å². The number of carbonyl (C=O) groups excluding carboxylic acids is 1. The van der Waals surface area contributed by atoms with Crippen molar-refractivity contribution in [2.75, 3.05) is 26.7 Å². The summed E-state index contributed by atoms with van der Waals surface area (Å²) in [4.78, 5) is 15.3. The molecule has 1 aliphatic heterocycles. The molecule has 3 rings (SSSR count). The number of hydrogen-bond donors (Lipinski definition) is 2. The average Bonchev–Trinajstić information content (AvgIpc) is 2.74. The second-order valence-corrected chi connectivity index (χ2v) is 7.58. The molecule has 2 N–H and O–H groups in total. The maximum absolute atomic E-state index is 13.5. The quantitative estimate of drug-likeness (QED) is 0.854. The molecule has 0 bridgehead atoms. The van der Waals surface area contributed by atoms with E-state index in [2.05, 4.69) is 18.3 Å². The zero-order valence-corrected chi connectivity index (χ0v) is 16.9. The summed E-state index contributed by atoms with van der Waals surface area (Å²) in [6.07, 6.45) is -0.0412. The van der Waals surface area contributed by atoms with Gasteiger partial charge in [0, 0.05) is 24.6 Å². The minimum Gasteiger partial charge on any atom is -0.394 e. The molecule has 0 aromatic heterocycles. The normalized spacial score (nSPS) is 21.4. The molecule has 1 amide bonds. The molecule has 1 aliphatic rings. The molecule has 0 saturated carbocycles. The summed E-state index contributed by atoms with van der Waals surface area (Å²) in [5.74, 6) is 0.0618. The first kappa shape index (κ1) is 20.5. The monoisotopic (exact) mass is 382 g/mol. The van der Waals surface area contributed by atoms with Crippen LogP contribution < -0.4 is 5.32 Å². The molecule has 0 radical (unpaired) electrons. The summed E-state index contributed by atoms with van der Waals surface area (Å²) in [5.41, 5.74) is 3.65. The molecule has 2 aromatic rings. The van der Waals surface area contributed by atoms with Gasteiger partial charge in [0.1, 0.15) is 0 Å². The van der Waals surface area contributed by atoms with Crippen LogP contribution in [0, 0.1) is 5.92 Å². The average molecular weight is 383 g/mol. The predicted molar refractivity (Wildman–Crippen MR) is 111 cm³/mol. The van der Waals surface area contributed by atoms with Gasteiger partial charge in [0.25, 0.3) is 5.91 Å². The fraction of sp³-hybridized carbons (Fsp3) is 0.435. The van der Waals surface area contributed by atoms with Crippen molar-refractivity contribution >= 4 is 5.91 Å². The zero-order valence-electron chi connectivity index (χ0n) is 16.9. The number of aliphatic hydroxyl groups excluding tert-OH is 1. The molecule has 0 fully saturated rings. The molecule has 0 unspecified atom stereocenters. The minimum absolute atomic E-state index is 0.0412. The number of ether oxygens (including phenoxy) is 1. The van der Waals surface area contributed by atoms with Gasteiger partial charge in [-0.25, -0.2) is 0 Å². The molecule has 150 valence electrons. The van der Waals surface area contributed by atoms with E-state index in [-0.39, 0.29) is 30.6 Å². The number of nitrogens with zero attached hydrogens (tertiary/aromatic N) is 1. The van der Waals surface area contributed by atoms with Crippen molar-refractivity contribution in [3.63, 3.8) is 0 Å². The summed E-state index contributed by atoms with van der Waals surface area (Å²) in [6, 6.07) is 15.5. The number of nitrogens with one attached hydrogen (secondary N) is 1. The predicted octanol–water partition coefficient (Wildman–Crippen LogP) is 2.93. The number of carbonyl (C=O) groups is 1. The van der Waals surface area contributed by atoms with Crippen molar-refractivity contribution in [2.24, 2.45) is 5.92 Å². The van der Waals surface area contributed by atoms with Crippen molar-refractivity contribution in [3.8, 4) is 11.1 Å². The van der Waals surface area contributed by atoms with Gasteiger partial charge in [0.15, 0.2) is 0 Å². The van der Waals surface area contributed by atoms with Crippen molar-refractivity contribution in [3.05, 3.63) is 59.7 Å². The molecule has 1 heterocycles. The molecule has 0 spiro atoms. The first-order valence-electron chi connectivity index (χ1n) is 9.92. The van der Waals surface area contributed by atoms with Crippen LogP contribution in [0.2, 0.25) is 0 Å². The van der Waals surface area contributed by atoms with Crippen molar-refractivity contribution < 1.29 is 14.6 Å². The third-order valence-corrected chi connectivity index (χ3v) is 5.50. The number of fused-ring (bicyclic) bond motifs is 3. The van der Waals surface area contributed by atoms with Gasteiger partial charge in [-0.3, -0.25) is 4.79 Å². The molecule has 5 nitrogen and oxygen atoms in total. The number of benzene rings is 2. The molecule has 0 saturated heterocycles. The first-order valence-corrected chi connectivity index (χ1v) is 9.92. The largest absolute Gasteiger partial charge is 0.394 e. The van der Waals surface area contributed by atoms with E-state index in [1.165, 1.54) is 0 Å². The zero-order chi connectivity index (χ0) is 20.1. The fourth-order valence-corrected chi connectivity index (χ4v) is 3.78. The van der Waals surface area contributed by atoms with Crippen LogP contribution in [-0.4, -0.2) is 54.8 Å². The molecule has 0 aliphatic carbocycles. The SMILES string of the molecule is CNC[C@H]1OCc2ccccc2-c2ccccc2C(=O)N([C@@H](C)CO)C[C@H]1C. The Bertz CT molecular complexity index is 808. The van der Waals surface area contributed by atoms with Crippen LogP contribution >= 0.6 is 0 Å². The third-order valence-electron chi connectivity index (χ3n) is 5.50. The van der Waals surface area contributed by atoms with Gasteiger partial charge in [0.2, 0.25) is 0 Å². The molecule has 3 atom stereocenters. The Morgan fingerprint density at radius 1 is 1.14 bits per heavy atom. The highest BCUT2D eigenvalue weighted by atomic mass is 16.5. The van der Waals surface area contributed by atoms with E-state index < -0.39 is 0 Å². The van der Waals surface area contributed by atoms with E-state index in [9.17, 15) is 9.90 Å². The molecular formula is C23H30N2O3. The third kappa shape index (κ3) is 4.27. The Balaban J connectivity index is 2.14. The van der Waals surface area contributed by atoms with Crippen LogP contribution in [0.1, 0.15) is 29.8 Å². The highest BCUT2D eigenvalue weighted by Gasteiger charge is 2.29. The first-order chi connectivity index (χ1) is 13.6. The second kappa shape index (κ2) is 9.32. The van der Waals surface area contributed by atoms with Crippen LogP contribution in [-0.2, 0) is 11.3 Å². The number of rotatable bonds is 4. The van der Waals surface area contributed by atoms with Gasteiger partial charge < -0.3 is 20.1 Å². The van der Waals surface area contributed by atoms with Gasteiger partial charge in [-0.1, -0.05) is 49.4 Å². The Labute approximate surface area is 167 Å². The van der Waals surface area contributed by atoms with Crippen molar-refractivity contribution in [2.45, 2.75) is 32.6 Å². The van der Waals surface area contributed by atoms with Gasteiger partial charge >= 0.3 is 0 Å².